The molecule has 6 nitrogen and oxygen atoms in total. The van der Waals surface area contributed by atoms with Gasteiger partial charge in [-0.1, -0.05) is 0 Å². The number of carbonyl (C=O) groups is 1. The first kappa shape index (κ1) is 14.5. The van der Waals surface area contributed by atoms with E-state index < -0.39 is 39.0 Å². The van der Waals surface area contributed by atoms with Crippen molar-refractivity contribution in [2.24, 2.45) is 5.10 Å². The molecule has 0 spiro atoms. The molecule has 0 aliphatic rings. The summed E-state index contributed by atoms with van der Waals surface area (Å²) >= 11 is 2.67. The van der Waals surface area contributed by atoms with Gasteiger partial charge in [0.25, 0.3) is 0 Å². The Morgan fingerprint density at radius 1 is 1.42 bits per heavy atom. The molecule has 0 bridgehead atoms. The SMILES string of the molecule is N#CC(C#N)=NNc1c(C(=O)O)cc(F)c(F)c1Br. The van der Waals surface area contributed by atoms with Crippen LogP contribution in [0.1, 0.15) is 10.4 Å². The molecule has 0 aliphatic carbocycles. The van der Waals surface area contributed by atoms with E-state index >= 15 is 0 Å². The molecule has 0 radical (unpaired) electrons. The van der Waals surface area contributed by atoms with E-state index in [0.29, 0.717) is 6.07 Å². The number of carboxylic acids is 1. The lowest BCUT2D eigenvalue weighted by atomic mass is 10.1. The summed E-state index contributed by atoms with van der Waals surface area (Å²) in [5.74, 6) is -4.22. The molecule has 1 aromatic rings. The molecule has 1 aromatic carbocycles. The topological polar surface area (TPSA) is 109 Å². The van der Waals surface area contributed by atoms with Gasteiger partial charge in [0, 0.05) is 0 Å². The van der Waals surface area contributed by atoms with E-state index in [9.17, 15) is 13.6 Å². The van der Waals surface area contributed by atoms with Crippen molar-refractivity contribution in [1.82, 2.24) is 0 Å². The number of halogens is 3. The molecular formula is C10H3BrF2N4O2. The van der Waals surface area contributed by atoms with Gasteiger partial charge in [0.1, 0.15) is 12.1 Å². The van der Waals surface area contributed by atoms with E-state index in [1.807, 2.05) is 5.43 Å². The number of aromatic carboxylic acids is 1. The molecule has 0 atom stereocenters. The number of rotatable bonds is 3. The van der Waals surface area contributed by atoms with Crippen LogP contribution >= 0.6 is 15.9 Å². The van der Waals surface area contributed by atoms with E-state index in [4.69, 9.17) is 15.6 Å². The molecule has 0 amide bonds. The summed E-state index contributed by atoms with van der Waals surface area (Å²) in [5.41, 5.74) is 0.423. The van der Waals surface area contributed by atoms with Crippen LogP contribution < -0.4 is 5.43 Å². The molecular weight excluding hydrogens is 326 g/mol. The minimum atomic E-state index is -1.53. The summed E-state index contributed by atoms with van der Waals surface area (Å²) in [4.78, 5) is 10.9. The predicted molar refractivity (Wildman–Crippen MR) is 63.3 cm³/mol. The van der Waals surface area contributed by atoms with Crippen molar-refractivity contribution in [2.75, 3.05) is 5.43 Å². The molecule has 0 fully saturated rings. The average molecular weight is 329 g/mol. The van der Waals surface area contributed by atoms with Crippen LogP contribution in [0.2, 0.25) is 0 Å². The molecule has 9 heteroatoms. The van der Waals surface area contributed by atoms with Gasteiger partial charge in [-0.3, -0.25) is 5.43 Å². The van der Waals surface area contributed by atoms with Gasteiger partial charge >= 0.3 is 5.97 Å². The summed E-state index contributed by atoms with van der Waals surface area (Å²) in [5, 5.41) is 29.0. The van der Waals surface area contributed by atoms with Crippen LogP contribution in [0, 0.1) is 34.3 Å². The maximum Gasteiger partial charge on any atom is 0.338 e. The molecule has 1 rings (SSSR count). The normalized spacial score (nSPS) is 9.11. The highest BCUT2D eigenvalue weighted by Crippen LogP contribution is 2.31. The predicted octanol–water partition coefficient (Wildman–Crippen LogP) is 2.24. The van der Waals surface area contributed by atoms with Crippen LogP contribution in [-0.2, 0) is 0 Å². The second-order valence-corrected chi connectivity index (χ2v) is 3.80. The first-order valence-corrected chi connectivity index (χ1v) is 5.26. The molecule has 0 saturated carbocycles. The Kier molecular flexibility index (Phi) is 4.51. The largest absolute Gasteiger partial charge is 0.478 e. The summed E-state index contributed by atoms with van der Waals surface area (Å²) in [7, 11) is 0. The first-order chi connectivity index (χ1) is 8.92. The number of hydrogen-bond acceptors (Lipinski definition) is 5. The van der Waals surface area contributed by atoms with Crippen LogP contribution in [0.3, 0.4) is 0 Å². The van der Waals surface area contributed by atoms with Gasteiger partial charge < -0.3 is 5.11 Å². The molecule has 96 valence electrons. The zero-order chi connectivity index (χ0) is 14.6. The van der Waals surface area contributed by atoms with Gasteiger partial charge in [-0.05, 0) is 22.0 Å². The van der Waals surface area contributed by atoms with Crippen molar-refractivity contribution in [3.63, 3.8) is 0 Å². The van der Waals surface area contributed by atoms with Gasteiger partial charge in [-0.25, -0.2) is 13.6 Å². The lowest BCUT2D eigenvalue weighted by Crippen LogP contribution is -2.07. The quantitative estimate of drug-likeness (QED) is 0.502. The Morgan fingerprint density at radius 2 is 2.00 bits per heavy atom. The molecule has 0 heterocycles. The fourth-order valence-corrected chi connectivity index (χ4v) is 1.55. The minimum absolute atomic E-state index is 0.408. The third-order valence-electron chi connectivity index (χ3n) is 1.88. The summed E-state index contributed by atoms with van der Waals surface area (Å²) < 4.78 is 25.9. The smallest absolute Gasteiger partial charge is 0.338 e. The number of carboxylic acid groups (broad SMARTS) is 1. The summed E-state index contributed by atoms with van der Waals surface area (Å²) in [6, 6.07) is 3.28. The Morgan fingerprint density at radius 3 is 2.47 bits per heavy atom. The van der Waals surface area contributed by atoms with Gasteiger partial charge in [-0.15, -0.1) is 0 Å². The summed E-state index contributed by atoms with van der Waals surface area (Å²) in [6.07, 6.45) is 0. The molecule has 2 N–H and O–H groups in total. The van der Waals surface area contributed by atoms with E-state index in [-0.39, 0.29) is 0 Å². The number of benzene rings is 1. The first-order valence-electron chi connectivity index (χ1n) is 4.47. The number of nitrogens with zero attached hydrogens (tertiary/aromatic N) is 3. The average Bonchev–Trinajstić information content (AvgIpc) is 2.38. The number of hydrazone groups is 1. The Balaban J connectivity index is 3.39. The lowest BCUT2D eigenvalue weighted by molar-refractivity contribution is 0.0697. The van der Waals surface area contributed by atoms with Gasteiger partial charge in [0.15, 0.2) is 11.6 Å². The van der Waals surface area contributed by atoms with Crippen molar-refractivity contribution in [2.45, 2.75) is 0 Å². The fraction of sp³-hybridized carbons (Fsp3) is 0. The Bertz CT molecular complexity index is 645. The fourth-order valence-electron chi connectivity index (χ4n) is 1.06. The number of nitrogens with one attached hydrogen (secondary N) is 1. The number of anilines is 1. The lowest BCUT2D eigenvalue weighted by Gasteiger charge is -2.09. The van der Waals surface area contributed by atoms with Crippen LogP contribution in [0.15, 0.2) is 15.6 Å². The van der Waals surface area contributed by atoms with Crippen molar-refractivity contribution in [3.8, 4) is 12.1 Å². The minimum Gasteiger partial charge on any atom is -0.478 e. The van der Waals surface area contributed by atoms with Gasteiger partial charge in [0.05, 0.1) is 15.7 Å². The maximum absolute atomic E-state index is 13.3. The van der Waals surface area contributed by atoms with E-state index in [1.165, 1.54) is 12.1 Å². The van der Waals surface area contributed by atoms with Crippen molar-refractivity contribution in [1.29, 1.82) is 10.5 Å². The van der Waals surface area contributed by atoms with Crippen LogP contribution in [0.5, 0.6) is 0 Å². The highest BCUT2D eigenvalue weighted by atomic mass is 79.9. The second kappa shape index (κ2) is 5.89. The van der Waals surface area contributed by atoms with Crippen LogP contribution in [-0.4, -0.2) is 16.8 Å². The van der Waals surface area contributed by atoms with Crippen molar-refractivity contribution in [3.05, 3.63) is 27.7 Å². The van der Waals surface area contributed by atoms with Crippen LogP contribution in [0.25, 0.3) is 0 Å². The summed E-state index contributed by atoms with van der Waals surface area (Å²) in [6.45, 7) is 0. The highest BCUT2D eigenvalue weighted by Gasteiger charge is 2.20. The second-order valence-electron chi connectivity index (χ2n) is 3.01. The third kappa shape index (κ3) is 3.03. The zero-order valence-corrected chi connectivity index (χ0v) is 10.5. The molecule has 0 aromatic heterocycles. The highest BCUT2D eigenvalue weighted by molar-refractivity contribution is 9.10. The molecule has 19 heavy (non-hydrogen) atoms. The van der Waals surface area contributed by atoms with E-state index in [1.54, 1.807) is 0 Å². The monoisotopic (exact) mass is 328 g/mol. The maximum atomic E-state index is 13.3. The zero-order valence-electron chi connectivity index (χ0n) is 8.91. The van der Waals surface area contributed by atoms with E-state index in [0.717, 1.165) is 0 Å². The van der Waals surface area contributed by atoms with E-state index in [2.05, 4.69) is 21.0 Å². The number of nitriles is 2. The molecule has 0 saturated heterocycles. The van der Waals surface area contributed by atoms with Crippen molar-refractivity contribution < 1.29 is 18.7 Å². The van der Waals surface area contributed by atoms with Crippen LogP contribution in [0.4, 0.5) is 14.5 Å². The number of hydrogen-bond donors (Lipinski definition) is 2. The van der Waals surface area contributed by atoms with Gasteiger partial charge in [0.2, 0.25) is 5.71 Å². The third-order valence-corrected chi connectivity index (χ3v) is 2.63. The molecule has 0 unspecified atom stereocenters. The standard InChI is InChI=1S/C10H3BrF2N4O2/c11-7-8(13)6(12)1-5(10(18)19)9(7)17-16-4(2-14)3-15/h1,17H,(H,18,19). The van der Waals surface area contributed by atoms with Crippen molar-refractivity contribution >= 4 is 33.3 Å². The Hall–Kier alpha value is -2.52. The Labute approximate surface area is 113 Å². The van der Waals surface area contributed by atoms with Gasteiger partial charge in [-0.2, -0.15) is 15.6 Å². The molecule has 0 aliphatic heterocycles.